The SMILES string of the molecule is CNC(CO)CCN(C)CC(C)(C)C. The summed E-state index contributed by atoms with van der Waals surface area (Å²) in [5, 5.41) is 12.1. The number of hydrogen-bond acceptors (Lipinski definition) is 3. The number of hydrogen-bond donors (Lipinski definition) is 2. The fourth-order valence-corrected chi connectivity index (χ4v) is 1.59. The minimum absolute atomic E-state index is 0.222. The second-order valence-electron chi connectivity index (χ2n) is 5.26. The number of aliphatic hydroxyl groups is 1. The van der Waals surface area contributed by atoms with Gasteiger partial charge < -0.3 is 15.3 Å². The summed E-state index contributed by atoms with van der Waals surface area (Å²) in [5.41, 5.74) is 0.350. The molecule has 0 aliphatic heterocycles. The molecule has 0 spiro atoms. The van der Waals surface area contributed by atoms with E-state index in [1.165, 1.54) is 0 Å². The molecule has 0 aromatic rings. The first-order chi connectivity index (χ1) is 6.39. The summed E-state index contributed by atoms with van der Waals surface area (Å²) in [7, 11) is 4.03. The Kier molecular flexibility index (Phi) is 6.33. The van der Waals surface area contributed by atoms with Crippen molar-refractivity contribution in [3.63, 3.8) is 0 Å². The van der Waals surface area contributed by atoms with Crippen molar-refractivity contribution >= 4 is 0 Å². The Morgan fingerprint density at radius 1 is 1.36 bits per heavy atom. The Balaban J connectivity index is 3.67. The third-order valence-electron chi connectivity index (χ3n) is 2.23. The van der Waals surface area contributed by atoms with Crippen LogP contribution in [-0.4, -0.2) is 49.8 Å². The molecule has 1 atom stereocenters. The van der Waals surface area contributed by atoms with Crippen LogP contribution in [0.1, 0.15) is 27.2 Å². The maximum Gasteiger partial charge on any atom is 0.0585 e. The summed E-state index contributed by atoms with van der Waals surface area (Å²) in [6.45, 7) is 9.07. The number of nitrogens with one attached hydrogen (secondary N) is 1. The lowest BCUT2D eigenvalue weighted by Gasteiger charge is -2.27. The summed E-state index contributed by atoms with van der Waals surface area (Å²) < 4.78 is 0. The highest BCUT2D eigenvalue weighted by Gasteiger charge is 2.14. The summed E-state index contributed by atoms with van der Waals surface area (Å²) in [4.78, 5) is 2.32. The zero-order valence-corrected chi connectivity index (χ0v) is 10.3. The minimum atomic E-state index is 0.222. The molecule has 0 amide bonds. The summed E-state index contributed by atoms with van der Waals surface area (Å²) in [6, 6.07) is 0.234. The molecule has 3 heteroatoms. The molecule has 1 unspecified atom stereocenters. The Hall–Kier alpha value is -0.120. The van der Waals surface area contributed by atoms with Gasteiger partial charge in [0.25, 0.3) is 0 Å². The van der Waals surface area contributed by atoms with Gasteiger partial charge in [-0.25, -0.2) is 0 Å². The van der Waals surface area contributed by atoms with Crippen LogP contribution in [0.4, 0.5) is 0 Å². The van der Waals surface area contributed by atoms with Crippen LogP contribution >= 0.6 is 0 Å². The monoisotopic (exact) mass is 202 g/mol. The van der Waals surface area contributed by atoms with Crippen LogP contribution in [0.5, 0.6) is 0 Å². The molecular formula is C11H26N2O. The highest BCUT2D eigenvalue weighted by atomic mass is 16.3. The van der Waals surface area contributed by atoms with Crippen LogP contribution in [-0.2, 0) is 0 Å². The topological polar surface area (TPSA) is 35.5 Å². The Bertz CT molecular complexity index is 139. The molecule has 0 rings (SSSR count). The molecule has 86 valence electrons. The van der Waals surface area contributed by atoms with Crippen molar-refractivity contribution in [1.29, 1.82) is 0 Å². The second-order valence-corrected chi connectivity index (χ2v) is 5.26. The van der Waals surface area contributed by atoms with Gasteiger partial charge in [0.15, 0.2) is 0 Å². The first-order valence-electron chi connectivity index (χ1n) is 5.35. The lowest BCUT2D eigenvalue weighted by molar-refractivity contribution is 0.195. The zero-order chi connectivity index (χ0) is 11.2. The lowest BCUT2D eigenvalue weighted by atomic mass is 9.96. The molecule has 0 bridgehead atoms. The average molecular weight is 202 g/mol. The van der Waals surface area contributed by atoms with Crippen molar-refractivity contribution in [3.8, 4) is 0 Å². The fraction of sp³-hybridized carbons (Fsp3) is 1.00. The quantitative estimate of drug-likeness (QED) is 0.673. The highest BCUT2D eigenvalue weighted by Crippen LogP contribution is 2.14. The Labute approximate surface area is 88.5 Å². The largest absolute Gasteiger partial charge is 0.395 e. The van der Waals surface area contributed by atoms with Crippen molar-refractivity contribution in [2.24, 2.45) is 5.41 Å². The van der Waals surface area contributed by atoms with Gasteiger partial charge in [0.1, 0.15) is 0 Å². The van der Waals surface area contributed by atoms with Gasteiger partial charge in [0.05, 0.1) is 6.61 Å². The maximum absolute atomic E-state index is 8.99. The highest BCUT2D eigenvalue weighted by molar-refractivity contribution is 4.69. The summed E-state index contributed by atoms with van der Waals surface area (Å²) in [5.74, 6) is 0. The number of aliphatic hydroxyl groups excluding tert-OH is 1. The zero-order valence-electron chi connectivity index (χ0n) is 10.3. The van der Waals surface area contributed by atoms with E-state index in [2.05, 4.69) is 38.0 Å². The van der Waals surface area contributed by atoms with Gasteiger partial charge in [-0.3, -0.25) is 0 Å². The normalized spacial score (nSPS) is 14.8. The van der Waals surface area contributed by atoms with Gasteiger partial charge in [0.2, 0.25) is 0 Å². The van der Waals surface area contributed by atoms with Crippen molar-refractivity contribution in [2.45, 2.75) is 33.2 Å². The van der Waals surface area contributed by atoms with Crippen molar-refractivity contribution in [2.75, 3.05) is 33.8 Å². The molecule has 3 nitrogen and oxygen atoms in total. The van der Waals surface area contributed by atoms with E-state index in [1.54, 1.807) is 0 Å². The minimum Gasteiger partial charge on any atom is -0.395 e. The van der Waals surface area contributed by atoms with E-state index in [1.807, 2.05) is 7.05 Å². The van der Waals surface area contributed by atoms with Gasteiger partial charge >= 0.3 is 0 Å². The van der Waals surface area contributed by atoms with E-state index in [9.17, 15) is 0 Å². The fourth-order valence-electron chi connectivity index (χ4n) is 1.59. The van der Waals surface area contributed by atoms with Crippen LogP contribution in [0.25, 0.3) is 0 Å². The molecule has 0 aliphatic rings. The van der Waals surface area contributed by atoms with Crippen LogP contribution in [0, 0.1) is 5.41 Å². The van der Waals surface area contributed by atoms with Crippen LogP contribution < -0.4 is 5.32 Å². The van der Waals surface area contributed by atoms with E-state index in [0.717, 1.165) is 19.5 Å². The van der Waals surface area contributed by atoms with E-state index in [-0.39, 0.29) is 12.6 Å². The van der Waals surface area contributed by atoms with E-state index in [0.29, 0.717) is 5.41 Å². The van der Waals surface area contributed by atoms with Crippen LogP contribution in [0.3, 0.4) is 0 Å². The lowest BCUT2D eigenvalue weighted by Crippen LogP contribution is -2.36. The molecule has 0 aliphatic carbocycles. The first kappa shape index (κ1) is 13.9. The third kappa shape index (κ3) is 7.30. The van der Waals surface area contributed by atoms with Gasteiger partial charge in [-0.05, 0) is 32.5 Å². The molecule has 14 heavy (non-hydrogen) atoms. The van der Waals surface area contributed by atoms with E-state index in [4.69, 9.17) is 5.11 Å². The second kappa shape index (κ2) is 6.38. The van der Waals surface area contributed by atoms with Crippen molar-refractivity contribution < 1.29 is 5.11 Å². The molecule has 2 N–H and O–H groups in total. The van der Waals surface area contributed by atoms with E-state index < -0.39 is 0 Å². The average Bonchev–Trinajstić information content (AvgIpc) is 2.03. The maximum atomic E-state index is 8.99. The molecule has 0 aromatic carbocycles. The molecule has 0 saturated heterocycles. The number of nitrogens with zero attached hydrogens (tertiary/aromatic N) is 1. The van der Waals surface area contributed by atoms with Gasteiger partial charge in [0, 0.05) is 12.6 Å². The number of rotatable bonds is 6. The van der Waals surface area contributed by atoms with E-state index >= 15 is 0 Å². The molecule has 0 aromatic heterocycles. The predicted octanol–water partition coefficient (Wildman–Crippen LogP) is 0.935. The molecular weight excluding hydrogens is 176 g/mol. The summed E-state index contributed by atoms with van der Waals surface area (Å²) in [6.07, 6.45) is 1.000. The first-order valence-corrected chi connectivity index (χ1v) is 5.35. The Morgan fingerprint density at radius 2 is 1.93 bits per heavy atom. The molecule has 0 radical (unpaired) electrons. The molecule has 0 fully saturated rings. The van der Waals surface area contributed by atoms with Gasteiger partial charge in [-0.2, -0.15) is 0 Å². The summed E-state index contributed by atoms with van der Waals surface area (Å²) >= 11 is 0. The molecule has 0 heterocycles. The smallest absolute Gasteiger partial charge is 0.0585 e. The van der Waals surface area contributed by atoms with Crippen molar-refractivity contribution in [3.05, 3.63) is 0 Å². The molecule has 0 saturated carbocycles. The standard InChI is InChI=1S/C11H26N2O/c1-11(2,3)9-13(5)7-6-10(8-14)12-4/h10,12,14H,6-9H2,1-5H3. The predicted molar refractivity (Wildman–Crippen MR) is 61.5 cm³/mol. The van der Waals surface area contributed by atoms with Gasteiger partial charge in [-0.1, -0.05) is 20.8 Å². The van der Waals surface area contributed by atoms with Gasteiger partial charge in [-0.15, -0.1) is 0 Å². The van der Waals surface area contributed by atoms with Crippen molar-refractivity contribution in [1.82, 2.24) is 10.2 Å². The van der Waals surface area contributed by atoms with Crippen LogP contribution in [0.2, 0.25) is 0 Å². The number of likely N-dealkylation sites (N-methyl/N-ethyl adjacent to an activating group) is 1. The van der Waals surface area contributed by atoms with Crippen LogP contribution in [0.15, 0.2) is 0 Å². The Morgan fingerprint density at radius 3 is 2.29 bits per heavy atom. The third-order valence-corrected chi connectivity index (χ3v) is 2.23.